The minimum absolute atomic E-state index is 0.565. The lowest BCUT2D eigenvalue weighted by molar-refractivity contribution is 0.220. The van der Waals surface area contributed by atoms with Crippen molar-refractivity contribution in [2.75, 3.05) is 0 Å². The summed E-state index contributed by atoms with van der Waals surface area (Å²) in [5, 5.41) is 0.849. The lowest BCUT2D eigenvalue weighted by Gasteiger charge is -2.36. The van der Waals surface area contributed by atoms with Gasteiger partial charge >= 0.3 is 0 Å². The van der Waals surface area contributed by atoms with Gasteiger partial charge in [-0.1, -0.05) is 49.2 Å². The van der Waals surface area contributed by atoms with E-state index in [4.69, 9.17) is 11.6 Å². The van der Waals surface area contributed by atoms with Crippen molar-refractivity contribution in [3.8, 4) is 0 Å². The number of halogens is 1. The second kappa shape index (κ2) is 5.73. The Morgan fingerprint density at radius 2 is 2.12 bits per heavy atom. The third kappa shape index (κ3) is 2.93. The van der Waals surface area contributed by atoms with Gasteiger partial charge in [0.15, 0.2) is 0 Å². The molecular formula is C16H21Cl. The van der Waals surface area contributed by atoms with Crippen molar-refractivity contribution in [1.82, 2.24) is 0 Å². The smallest absolute Gasteiger partial charge is 0.0408 e. The Bertz CT molecular complexity index is 390. The lowest BCUT2D eigenvalue weighted by atomic mass is 9.69. The van der Waals surface area contributed by atoms with E-state index in [0.717, 1.165) is 10.9 Å². The summed E-state index contributed by atoms with van der Waals surface area (Å²) < 4.78 is 0. The van der Waals surface area contributed by atoms with Gasteiger partial charge in [0.1, 0.15) is 0 Å². The molecule has 0 aromatic heterocycles. The highest BCUT2D eigenvalue weighted by atomic mass is 35.5. The average molecular weight is 249 g/mol. The maximum atomic E-state index is 6.08. The first-order valence-electron chi connectivity index (χ1n) is 6.60. The SMILES string of the molecule is CC=CC(C1CCC1)C(C)c1cccc(Cl)c1. The summed E-state index contributed by atoms with van der Waals surface area (Å²) in [4.78, 5) is 0. The molecule has 92 valence electrons. The highest BCUT2D eigenvalue weighted by Crippen LogP contribution is 2.41. The summed E-state index contributed by atoms with van der Waals surface area (Å²) in [6.07, 6.45) is 8.76. The maximum Gasteiger partial charge on any atom is 0.0408 e. The molecule has 0 radical (unpaired) electrons. The number of rotatable bonds is 4. The predicted octanol–water partition coefficient (Wildman–Crippen LogP) is 5.44. The van der Waals surface area contributed by atoms with Crippen LogP contribution in [0.1, 0.15) is 44.6 Å². The molecule has 2 unspecified atom stereocenters. The van der Waals surface area contributed by atoms with Crippen LogP contribution >= 0.6 is 11.6 Å². The van der Waals surface area contributed by atoms with Crippen molar-refractivity contribution in [1.29, 1.82) is 0 Å². The van der Waals surface area contributed by atoms with Crippen LogP contribution in [0, 0.1) is 11.8 Å². The van der Waals surface area contributed by atoms with E-state index in [1.54, 1.807) is 0 Å². The minimum Gasteiger partial charge on any atom is -0.0914 e. The van der Waals surface area contributed by atoms with Crippen LogP contribution in [0.15, 0.2) is 36.4 Å². The average Bonchev–Trinajstić information content (AvgIpc) is 2.25. The molecule has 1 aliphatic carbocycles. The lowest BCUT2D eigenvalue weighted by Crippen LogP contribution is -2.24. The summed E-state index contributed by atoms with van der Waals surface area (Å²) in [5.74, 6) is 2.11. The van der Waals surface area contributed by atoms with Gasteiger partial charge in [-0.2, -0.15) is 0 Å². The van der Waals surface area contributed by atoms with Crippen LogP contribution in [0.2, 0.25) is 5.02 Å². The second-order valence-electron chi connectivity index (χ2n) is 5.14. The van der Waals surface area contributed by atoms with Crippen molar-refractivity contribution in [2.24, 2.45) is 11.8 Å². The summed E-state index contributed by atoms with van der Waals surface area (Å²) in [5.41, 5.74) is 1.37. The van der Waals surface area contributed by atoms with Crippen LogP contribution in [0.3, 0.4) is 0 Å². The third-order valence-corrected chi connectivity index (χ3v) is 4.30. The van der Waals surface area contributed by atoms with E-state index in [9.17, 15) is 0 Å². The Balaban J connectivity index is 2.17. The van der Waals surface area contributed by atoms with Gasteiger partial charge in [-0.15, -0.1) is 0 Å². The first kappa shape index (κ1) is 12.7. The molecule has 0 spiro atoms. The summed E-state index contributed by atoms with van der Waals surface area (Å²) in [6.45, 7) is 4.45. The molecule has 0 amide bonds. The molecule has 1 aromatic rings. The molecular weight excluding hydrogens is 228 g/mol. The van der Waals surface area contributed by atoms with Crippen molar-refractivity contribution < 1.29 is 0 Å². The minimum atomic E-state index is 0.565. The van der Waals surface area contributed by atoms with E-state index >= 15 is 0 Å². The monoisotopic (exact) mass is 248 g/mol. The predicted molar refractivity (Wildman–Crippen MR) is 75.5 cm³/mol. The summed E-state index contributed by atoms with van der Waals surface area (Å²) in [6, 6.07) is 8.32. The maximum absolute atomic E-state index is 6.08. The molecule has 2 rings (SSSR count). The number of hydrogen-bond donors (Lipinski definition) is 0. The fourth-order valence-electron chi connectivity index (χ4n) is 2.79. The van der Waals surface area contributed by atoms with Crippen LogP contribution in [-0.2, 0) is 0 Å². The van der Waals surface area contributed by atoms with Crippen LogP contribution in [0.5, 0.6) is 0 Å². The molecule has 1 heteroatoms. The standard InChI is InChI=1S/C16H21Cl/c1-3-6-16(13-7-4-8-13)12(2)14-9-5-10-15(17)11-14/h3,5-6,9-13,16H,4,7-8H2,1-2H3. The third-order valence-electron chi connectivity index (χ3n) is 4.06. The Labute approximate surface area is 110 Å². The highest BCUT2D eigenvalue weighted by Gasteiger charge is 2.29. The van der Waals surface area contributed by atoms with E-state index < -0.39 is 0 Å². The molecule has 0 heterocycles. The van der Waals surface area contributed by atoms with Crippen LogP contribution < -0.4 is 0 Å². The molecule has 1 saturated carbocycles. The first-order chi connectivity index (χ1) is 8.22. The molecule has 0 saturated heterocycles. The second-order valence-corrected chi connectivity index (χ2v) is 5.57. The van der Waals surface area contributed by atoms with E-state index in [-0.39, 0.29) is 0 Å². The molecule has 0 aliphatic heterocycles. The van der Waals surface area contributed by atoms with Gasteiger partial charge in [0, 0.05) is 5.02 Å². The van der Waals surface area contributed by atoms with Gasteiger partial charge < -0.3 is 0 Å². The van der Waals surface area contributed by atoms with E-state index in [2.05, 4.69) is 44.2 Å². The fraction of sp³-hybridized carbons (Fsp3) is 0.500. The Kier molecular flexibility index (Phi) is 4.28. The summed E-state index contributed by atoms with van der Waals surface area (Å²) >= 11 is 6.08. The topological polar surface area (TPSA) is 0 Å². The van der Waals surface area contributed by atoms with Crippen molar-refractivity contribution in [2.45, 2.75) is 39.0 Å². The van der Waals surface area contributed by atoms with Crippen molar-refractivity contribution in [3.05, 3.63) is 47.0 Å². The van der Waals surface area contributed by atoms with Gasteiger partial charge in [0.25, 0.3) is 0 Å². The fourth-order valence-corrected chi connectivity index (χ4v) is 2.99. The molecule has 2 atom stereocenters. The van der Waals surface area contributed by atoms with Crippen LogP contribution in [-0.4, -0.2) is 0 Å². The molecule has 0 nitrogen and oxygen atoms in total. The Hall–Kier alpha value is -0.750. The van der Waals surface area contributed by atoms with Crippen molar-refractivity contribution >= 4 is 11.6 Å². The molecule has 17 heavy (non-hydrogen) atoms. The zero-order valence-electron chi connectivity index (χ0n) is 10.7. The molecule has 1 aromatic carbocycles. The molecule has 0 N–H and O–H groups in total. The van der Waals surface area contributed by atoms with Crippen LogP contribution in [0.25, 0.3) is 0 Å². The van der Waals surface area contributed by atoms with E-state index in [1.807, 2.05) is 6.07 Å². The highest BCUT2D eigenvalue weighted by molar-refractivity contribution is 6.30. The Morgan fingerprint density at radius 1 is 1.35 bits per heavy atom. The Morgan fingerprint density at radius 3 is 2.65 bits per heavy atom. The zero-order valence-corrected chi connectivity index (χ0v) is 11.5. The van der Waals surface area contributed by atoms with Crippen LogP contribution in [0.4, 0.5) is 0 Å². The van der Waals surface area contributed by atoms with Gasteiger partial charge in [-0.3, -0.25) is 0 Å². The molecule has 1 aliphatic rings. The largest absolute Gasteiger partial charge is 0.0914 e. The van der Waals surface area contributed by atoms with Gasteiger partial charge in [-0.05, 0) is 55.2 Å². The van der Waals surface area contributed by atoms with Crippen molar-refractivity contribution in [3.63, 3.8) is 0 Å². The van der Waals surface area contributed by atoms with E-state index in [0.29, 0.717) is 11.8 Å². The number of benzene rings is 1. The molecule has 0 bridgehead atoms. The normalized spacial score (nSPS) is 20.2. The molecule has 1 fully saturated rings. The first-order valence-corrected chi connectivity index (χ1v) is 6.98. The zero-order chi connectivity index (χ0) is 12.3. The quantitative estimate of drug-likeness (QED) is 0.623. The van der Waals surface area contributed by atoms with Gasteiger partial charge in [0.05, 0.1) is 0 Å². The number of hydrogen-bond acceptors (Lipinski definition) is 0. The van der Waals surface area contributed by atoms with Gasteiger partial charge in [0.2, 0.25) is 0 Å². The van der Waals surface area contributed by atoms with E-state index in [1.165, 1.54) is 24.8 Å². The summed E-state index contributed by atoms with van der Waals surface area (Å²) in [7, 11) is 0. The number of allylic oxidation sites excluding steroid dienone is 2. The van der Waals surface area contributed by atoms with Gasteiger partial charge in [-0.25, -0.2) is 0 Å².